The Morgan fingerprint density at radius 1 is 1.18 bits per heavy atom. The summed E-state index contributed by atoms with van der Waals surface area (Å²) in [4.78, 5) is 26.6. The van der Waals surface area contributed by atoms with E-state index in [-0.39, 0.29) is 57.9 Å². The second-order valence-corrected chi connectivity index (χ2v) is 9.08. The molecule has 0 saturated carbocycles. The van der Waals surface area contributed by atoms with Gasteiger partial charge in [0.05, 0.1) is 27.9 Å². The first kappa shape index (κ1) is 21.2. The maximum absolute atomic E-state index is 13.3. The predicted molar refractivity (Wildman–Crippen MR) is 122 cm³/mol. The highest BCUT2D eigenvalue weighted by molar-refractivity contribution is 6.31. The molecule has 0 spiro atoms. The molecule has 1 saturated heterocycles. The Balaban J connectivity index is 1.76. The van der Waals surface area contributed by atoms with Crippen molar-refractivity contribution in [2.24, 2.45) is 11.0 Å². The number of piperidine rings is 1. The molecule has 2 bridgehead atoms. The highest BCUT2D eigenvalue weighted by Crippen LogP contribution is 2.52. The van der Waals surface area contributed by atoms with Crippen LogP contribution in [-0.4, -0.2) is 45.2 Å². The van der Waals surface area contributed by atoms with Crippen molar-refractivity contribution in [3.8, 4) is 17.2 Å². The molecule has 2 aliphatic heterocycles. The Hall–Kier alpha value is -3.65. The fourth-order valence-electron chi connectivity index (χ4n) is 5.81. The first-order valence-corrected chi connectivity index (χ1v) is 10.9. The van der Waals surface area contributed by atoms with E-state index in [0.717, 1.165) is 5.71 Å². The molecule has 170 valence electrons. The van der Waals surface area contributed by atoms with Crippen LogP contribution in [-0.2, 0) is 6.42 Å². The maximum Gasteiger partial charge on any atom is 0.202 e. The van der Waals surface area contributed by atoms with Crippen molar-refractivity contribution in [2.45, 2.75) is 37.8 Å². The van der Waals surface area contributed by atoms with Crippen molar-refractivity contribution in [1.29, 1.82) is 0 Å². The van der Waals surface area contributed by atoms with Gasteiger partial charge < -0.3 is 20.7 Å². The lowest BCUT2D eigenvalue weighted by atomic mass is 9.66. The number of carbonyl (C=O) groups excluding carboxylic acids is 2. The van der Waals surface area contributed by atoms with Crippen molar-refractivity contribution in [3.05, 3.63) is 64.2 Å². The van der Waals surface area contributed by atoms with E-state index in [0.29, 0.717) is 24.0 Å². The van der Waals surface area contributed by atoms with Gasteiger partial charge in [-0.05, 0) is 32.3 Å². The molecule has 33 heavy (non-hydrogen) atoms. The molecule has 3 atom stereocenters. The van der Waals surface area contributed by atoms with E-state index in [1.807, 2.05) is 13.0 Å². The smallest absolute Gasteiger partial charge is 0.202 e. The largest absolute Gasteiger partial charge is 0.507 e. The van der Waals surface area contributed by atoms with Gasteiger partial charge in [-0.15, -0.1) is 6.58 Å². The molecule has 8 nitrogen and oxygen atoms in total. The van der Waals surface area contributed by atoms with Gasteiger partial charge in [0.15, 0.2) is 5.78 Å². The third-order valence-corrected chi connectivity index (χ3v) is 7.09. The summed E-state index contributed by atoms with van der Waals surface area (Å²) in [6.45, 7) is 5.83. The molecule has 1 fully saturated rings. The lowest BCUT2D eigenvalue weighted by Crippen LogP contribution is -2.61. The molecule has 5 N–H and O–H groups in total. The van der Waals surface area contributed by atoms with Crippen LogP contribution in [0.25, 0.3) is 0 Å². The number of phenols is 3. The number of hydrogen-bond donors (Lipinski definition) is 5. The van der Waals surface area contributed by atoms with E-state index >= 15 is 0 Å². The molecule has 0 amide bonds. The number of hydrazone groups is 1. The fraction of sp³-hybridized carbons (Fsp3) is 0.320. The summed E-state index contributed by atoms with van der Waals surface area (Å²) in [7, 11) is 1.72. The summed E-state index contributed by atoms with van der Waals surface area (Å²) in [6.07, 6.45) is 3.34. The van der Waals surface area contributed by atoms with Crippen molar-refractivity contribution in [3.63, 3.8) is 0 Å². The van der Waals surface area contributed by atoms with Crippen LogP contribution in [0.5, 0.6) is 17.2 Å². The summed E-state index contributed by atoms with van der Waals surface area (Å²) in [5.41, 5.74) is 3.33. The number of phenolic OH excluding ortho intramolecular Hbond substituents is 3. The van der Waals surface area contributed by atoms with E-state index < -0.39 is 17.1 Å². The number of carbonyl (C=O) groups is 2. The lowest BCUT2D eigenvalue weighted by Gasteiger charge is -2.49. The van der Waals surface area contributed by atoms with Gasteiger partial charge in [-0.2, -0.15) is 5.10 Å². The third-order valence-electron chi connectivity index (χ3n) is 7.09. The van der Waals surface area contributed by atoms with Crippen LogP contribution in [0.4, 0.5) is 0 Å². The minimum Gasteiger partial charge on any atom is -0.507 e. The minimum absolute atomic E-state index is 0.00553. The van der Waals surface area contributed by atoms with E-state index in [1.165, 1.54) is 18.2 Å². The molecule has 8 heteroatoms. The highest BCUT2D eigenvalue weighted by atomic mass is 16.3. The Morgan fingerprint density at radius 2 is 1.91 bits per heavy atom. The van der Waals surface area contributed by atoms with Crippen molar-refractivity contribution >= 4 is 17.3 Å². The SMILES string of the molecule is C=CCC1CC2NC(C)(Cc3c(O)c4c(c(O)c32)C(=O)c2c(O)cccc2C4=O)C1=NNC. The number of hydrogen-bond acceptors (Lipinski definition) is 8. The average Bonchev–Trinajstić information content (AvgIpc) is 2.76. The van der Waals surface area contributed by atoms with Crippen LogP contribution in [0.1, 0.15) is 68.8 Å². The molecular formula is C25H25N3O5. The zero-order valence-corrected chi connectivity index (χ0v) is 18.4. The zero-order chi connectivity index (χ0) is 23.7. The molecule has 2 aromatic rings. The Labute approximate surface area is 190 Å². The van der Waals surface area contributed by atoms with Crippen molar-refractivity contribution < 1.29 is 24.9 Å². The average molecular weight is 447 g/mol. The quantitative estimate of drug-likeness (QED) is 0.237. The van der Waals surface area contributed by atoms with E-state index in [1.54, 1.807) is 7.05 Å². The second kappa shape index (κ2) is 7.18. The monoisotopic (exact) mass is 447 g/mol. The Bertz CT molecular complexity index is 1280. The van der Waals surface area contributed by atoms with Gasteiger partial charge in [0.1, 0.15) is 17.2 Å². The van der Waals surface area contributed by atoms with Gasteiger partial charge in [0, 0.05) is 35.7 Å². The summed E-state index contributed by atoms with van der Waals surface area (Å²) in [5, 5.41) is 40.9. The molecule has 0 aromatic heterocycles. The summed E-state index contributed by atoms with van der Waals surface area (Å²) < 4.78 is 0. The predicted octanol–water partition coefficient (Wildman–Crippen LogP) is 2.70. The van der Waals surface area contributed by atoms with Crippen molar-refractivity contribution in [1.82, 2.24) is 10.7 Å². The van der Waals surface area contributed by atoms with Crippen LogP contribution in [0.3, 0.4) is 0 Å². The summed E-state index contributed by atoms with van der Waals surface area (Å²) in [5.74, 6) is -2.20. The molecular weight excluding hydrogens is 422 g/mol. The molecule has 0 radical (unpaired) electrons. The van der Waals surface area contributed by atoms with Crippen LogP contribution in [0, 0.1) is 5.92 Å². The van der Waals surface area contributed by atoms with Gasteiger partial charge in [0.25, 0.3) is 0 Å². The summed E-state index contributed by atoms with van der Waals surface area (Å²) in [6, 6.07) is 3.85. The Morgan fingerprint density at radius 3 is 2.61 bits per heavy atom. The van der Waals surface area contributed by atoms with Crippen LogP contribution in [0.15, 0.2) is 36.0 Å². The lowest BCUT2D eigenvalue weighted by molar-refractivity contribution is 0.0970. The molecule has 2 heterocycles. The zero-order valence-electron chi connectivity index (χ0n) is 18.4. The molecule has 5 rings (SSSR count). The number of allylic oxidation sites excluding steroid dienone is 1. The second-order valence-electron chi connectivity index (χ2n) is 9.08. The van der Waals surface area contributed by atoms with E-state index in [4.69, 9.17) is 0 Å². The van der Waals surface area contributed by atoms with Crippen LogP contribution in [0.2, 0.25) is 0 Å². The minimum atomic E-state index is -0.683. The van der Waals surface area contributed by atoms with Crippen molar-refractivity contribution in [2.75, 3.05) is 7.05 Å². The molecule has 2 aromatic carbocycles. The molecule has 3 aliphatic rings. The maximum atomic E-state index is 13.3. The number of nitrogens with zero attached hydrogens (tertiary/aromatic N) is 1. The van der Waals surface area contributed by atoms with Crippen LogP contribution >= 0.6 is 0 Å². The normalized spacial score (nSPS) is 26.4. The highest BCUT2D eigenvalue weighted by Gasteiger charge is 2.50. The number of ketones is 2. The Kier molecular flexibility index (Phi) is 4.61. The summed E-state index contributed by atoms with van der Waals surface area (Å²) >= 11 is 0. The standard InChI is InChI=1S/C25H25N3O5/c1-4-6-11-9-14-16-13(10-25(2,27-14)24(11)28-26-3)21(31)18-19(22(16)32)23(33)17-12(20(18)30)7-5-8-15(17)29/h4-5,7-8,11,14,26-27,29,31-32H,1,6,9-10H2,2-3H3. The first-order valence-electron chi connectivity index (χ1n) is 10.9. The van der Waals surface area contributed by atoms with Gasteiger partial charge in [-0.3, -0.25) is 14.9 Å². The van der Waals surface area contributed by atoms with Gasteiger partial charge in [0.2, 0.25) is 5.78 Å². The van der Waals surface area contributed by atoms with Gasteiger partial charge in [-0.1, -0.05) is 18.2 Å². The topological polar surface area (TPSA) is 131 Å². The number of fused-ring (bicyclic) bond motifs is 6. The van der Waals surface area contributed by atoms with E-state index in [2.05, 4.69) is 22.4 Å². The number of benzene rings is 2. The fourth-order valence-corrected chi connectivity index (χ4v) is 5.81. The number of rotatable bonds is 3. The van der Waals surface area contributed by atoms with Crippen LogP contribution < -0.4 is 10.7 Å². The molecule has 1 aliphatic carbocycles. The number of aromatic hydroxyl groups is 3. The first-order chi connectivity index (χ1) is 15.7. The van der Waals surface area contributed by atoms with Gasteiger partial charge >= 0.3 is 0 Å². The van der Waals surface area contributed by atoms with Gasteiger partial charge in [-0.25, -0.2) is 0 Å². The third kappa shape index (κ3) is 2.77. The number of nitrogens with one attached hydrogen (secondary N) is 2. The molecule has 3 unspecified atom stereocenters. The van der Waals surface area contributed by atoms with E-state index in [9.17, 15) is 24.9 Å².